The first-order chi connectivity index (χ1) is 12.4. The van der Waals surface area contributed by atoms with Gasteiger partial charge in [0.05, 0.1) is 0 Å². The predicted molar refractivity (Wildman–Crippen MR) is 98.4 cm³/mol. The maximum atomic E-state index is 11.8. The van der Waals surface area contributed by atoms with Crippen LogP contribution in [-0.4, -0.2) is 30.9 Å². The highest BCUT2D eigenvalue weighted by Crippen LogP contribution is 2.31. The smallest absolute Gasteiger partial charge is 0.306 e. The topological polar surface area (TPSA) is 69.7 Å². The summed E-state index contributed by atoms with van der Waals surface area (Å²) in [5.74, 6) is 1.25. The molecule has 0 aromatic carbocycles. The van der Waals surface area contributed by atoms with Gasteiger partial charge in [0.15, 0.2) is 13.2 Å². The number of Topliss-reactive ketones (excluding diaryl/α,β-unsaturated/α-hetero) is 1. The highest BCUT2D eigenvalue weighted by molar-refractivity contribution is 5.85. The van der Waals surface area contributed by atoms with Gasteiger partial charge in [-0.25, -0.2) is 0 Å². The van der Waals surface area contributed by atoms with Gasteiger partial charge < -0.3 is 9.47 Å². The first-order valence-corrected chi connectivity index (χ1v) is 10.2. The van der Waals surface area contributed by atoms with Crippen LogP contribution in [0.15, 0.2) is 0 Å². The molecular weight excluding hydrogens is 332 g/mol. The zero-order valence-electron chi connectivity index (χ0n) is 16.3. The molecule has 2 saturated carbocycles. The fourth-order valence-corrected chi connectivity index (χ4v) is 4.02. The molecule has 0 aromatic rings. The minimum Gasteiger partial charge on any atom is -0.458 e. The summed E-state index contributed by atoms with van der Waals surface area (Å²) in [6.45, 7) is 3.89. The molecule has 0 aromatic heterocycles. The molecule has 0 atom stereocenters. The molecule has 0 radical (unpaired) electrons. The van der Waals surface area contributed by atoms with Gasteiger partial charge in [-0.2, -0.15) is 0 Å². The van der Waals surface area contributed by atoms with E-state index >= 15 is 0 Å². The van der Waals surface area contributed by atoms with Crippen LogP contribution in [0, 0.1) is 23.7 Å². The lowest BCUT2D eigenvalue weighted by molar-refractivity contribution is -0.154. The molecular formula is C21H34O5. The summed E-state index contributed by atoms with van der Waals surface area (Å²) in [4.78, 5) is 35.5. The molecule has 26 heavy (non-hydrogen) atoms. The Kier molecular flexibility index (Phi) is 8.60. The van der Waals surface area contributed by atoms with Crippen LogP contribution >= 0.6 is 0 Å². The molecule has 0 N–H and O–H groups in total. The van der Waals surface area contributed by atoms with Gasteiger partial charge in [-0.3, -0.25) is 14.4 Å². The Morgan fingerprint density at radius 1 is 0.654 bits per heavy atom. The molecule has 0 aliphatic heterocycles. The van der Waals surface area contributed by atoms with Crippen molar-refractivity contribution in [3.05, 3.63) is 0 Å². The van der Waals surface area contributed by atoms with Crippen molar-refractivity contribution in [1.29, 1.82) is 0 Å². The summed E-state index contributed by atoms with van der Waals surface area (Å²) < 4.78 is 10.1. The van der Waals surface area contributed by atoms with E-state index in [9.17, 15) is 14.4 Å². The van der Waals surface area contributed by atoms with Crippen molar-refractivity contribution in [2.24, 2.45) is 23.7 Å². The number of carbonyl (C=O) groups excluding carboxylic acids is 3. The largest absolute Gasteiger partial charge is 0.458 e. The summed E-state index contributed by atoms with van der Waals surface area (Å²) in [6, 6.07) is 0. The second-order valence-electron chi connectivity index (χ2n) is 8.52. The van der Waals surface area contributed by atoms with E-state index in [0.29, 0.717) is 24.7 Å². The van der Waals surface area contributed by atoms with Crippen LogP contribution < -0.4 is 0 Å². The summed E-state index contributed by atoms with van der Waals surface area (Å²) in [7, 11) is 0. The average Bonchev–Trinajstić information content (AvgIpc) is 2.62. The van der Waals surface area contributed by atoms with Crippen molar-refractivity contribution in [3.63, 3.8) is 0 Å². The molecule has 2 fully saturated rings. The van der Waals surface area contributed by atoms with E-state index in [1.807, 2.05) is 0 Å². The number of hydrogen-bond donors (Lipinski definition) is 0. The lowest BCUT2D eigenvalue weighted by atomic mass is 9.81. The molecule has 0 spiro atoms. The summed E-state index contributed by atoms with van der Waals surface area (Å²) in [6.07, 6.45) is 9.64. The first-order valence-electron chi connectivity index (χ1n) is 10.2. The maximum Gasteiger partial charge on any atom is 0.306 e. The summed E-state index contributed by atoms with van der Waals surface area (Å²) in [5.41, 5.74) is 0. The molecule has 2 aliphatic rings. The molecule has 0 saturated heterocycles. The van der Waals surface area contributed by atoms with E-state index in [4.69, 9.17) is 9.47 Å². The Labute approximate surface area is 157 Å². The van der Waals surface area contributed by atoms with Crippen LogP contribution in [0.2, 0.25) is 0 Å². The van der Waals surface area contributed by atoms with Gasteiger partial charge in [-0.05, 0) is 49.4 Å². The zero-order valence-corrected chi connectivity index (χ0v) is 16.3. The lowest BCUT2D eigenvalue weighted by Crippen LogP contribution is -2.23. The van der Waals surface area contributed by atoms with Crippen LogP contribution in [0.4, 0.5) is 0 Å². The Balaban J connectivity index is 1.54. The third kappa shape index (κ3) is 7.88. The third-order valence-electron chi connectivity index (χ3n) is 5.97. The highest BCUT2D eigenvalue weighted by Gasteiger charge is 2.23. The molecule has 148 valence electrons. The predicted octanol–water partition coefficient (Wildman–Crippen LogP) is 4.07. The molecule has 0 amide bonds. The molecule has 5 heteroatoms. The SMILES string of the molecule is CC1CCC(CC(=O)OCC(=O)COC(=O)CC2CCC(C)CC2)CC1. The van der Waals surface area contributed by atoms with Crippen molar-refractivity contribution in [2.75, 3.05) is 13.2 Å². The first kappa shape index (κ1) is 20.9. The normalized spacial score (nSPS) is 29.0. The second-order valence-corrected chi connectivity index (χ2v) is 8.52. The minimum atomic E-state index is -0.360. The number of ketones is 1. The van der Waals surface area contributed by atoms with Crippen molar-refractivity contribution < 1.29 is 23.9 Å². The van der Waals surface area contributed by atoms with E-state index in [0.717, 1.165) is 63.2 Å². The zero-order chi connectivity index (χ0) is 18.9. The minimum absolute atomic E-state index is 0.295. The fourth-order valence-electron chi connectivity index (χ4n) is 4.02. The maximum absolute atomic E-state index is 11.8. The summed E-state index contributed by atoms with van der Waals surface area (Å²) >= 11 is 0. The molecule has 0 unspecified atom stereocenters. The second kappa shape index (κ2) is 10.7. The van der Waals surface area contributed by atoms with Crippen LogP contribution in [0.3, 0.4) is 0 Å². The van der Waals surface area contributed by atoms with Crippen molar-refractivity contribution in [1.82, 2.24) is 0 Å². The quantitative estimate of drug-likeness (QED) is 0.606. The number of rotatable bonds is 8. The van der Waals surface area contributed by atoms with Crippen LogP contribution in [0.5, 0.6) is 0 Å². The van der Waals surface area contributed by atoms with Gasteiger partial charge in [0, 0.05) is 12.8 Å². The Bertz CT molecular complexity index is 429. The molecule has 0 heterocycles. The monoisotopic (exact) mass is 366 g/mol. The van der Waals surface area contributed by atoms with Crippen LogP contribution in [-0.2, 0) is 23.9 Å². The molecule has 2 rings (SSSR count). The molecule has 2 aliphatic carbocycles. The Morgan fingerprint density at radius 3 is 1.35 bits per heavy atom. The number of esters is 2. The van der Waals surface area contributed by atoms with E-state index in [1.54, 1.807) is 0 Å². The van der Waals surface area contributed by atoms with Crippen molar-refractivity contribution in [2.45, 2.75) is 78.1 Å². The summed E-state index contributed by atoms with van der Waals surface area (Å²) in [5, 5.41) is 0. The number of ether oxygens (including phenoxy) is 2. The van der Waals surface area contributed by atoms with Gasteiger partial charge in [0.1, 0.15) is 0 Å². The van der Waals surface area contributed by atoms with Crippen LogP contribution in [0.1, 0.15) is 78.1 Å². The van der Waals surface area contributed by atoms with E-state index in [-0.39, 0.29) is 30.9 Å². The standard InChI is InChI=1S/C21H34O5/c1-15-3-7-17(8-4-15)11-20(23)25-13-19(22)14-26-21(24)12-18-9-5-16(2)6-10-18/h15-18H,3-14H2,1-2H3. The lowest BCUT2D eigenvalue weighted by Gasteiger charge is -2.25. The average molecular weight is 366 g/mol. The van der Waals surface area contributed by atoms with E-state index in [2.05, 4.69) is 13.8 Å². The third-order valence-corrected chi connectivity index (χ3v) is 5.97. The van der Waals surface area contributed by atoms with E-state index in [1.165, 1.54) is 0 Å². The highest BCUT2D eigenvalue weighted by atomic mass is 16.6. The van der Waals surface area contributed by atoms with Crippen molar-refractivity contribution in [3.8, 4) is 0 Å². The van der Waals surface area contributed by atoms with Gasteiger partial charge in [0.2, 0.25) is 5.78 Å². The fraction of sp³-hybridized carbons (Fsp3) is 0.857. The Hall–Kier alpha value is -1.39. The van der Waals surface area contributed by atoms with Gasteiger partial charge >= 0.3 is 11.9 Å². The molecule has 0 bridgehead atoms. The van der Waals surface area contributed by atoms with E-state index < -0.39 is 0 Å². The van der Waals surface area contributed by atoms with Crippen LogP contribution in [0.25, 0.3) is 0 Å². The van der Waals surface area contributed by atoms with Gasteiger partial charge in [0.25, 0.3) is 0 Å². The molecule has 5 nitrogen and oxygen atoms in total. The van der Waals surface area contributed by atoms with Crippen molar-refractivity contribution >= 4 is 17.7 Å². The Morgan fingerprint density at radius 2 is 1.00 bits per heavy atom. The van der Waals surface area contributed by atoms with Gasteiger partial charge in [-0.1, -0.05) is 39.5 Å². The van der Waals surface area contributed by atoms with Gasteiger partial charge in [-0.15, -0.1) is 0 Å². The number of carbonyl (C=O) groups is 3. The number of hydrogen-bond acceptors (Lipinski definition) is 5.